The first-order valence-electron chi connectivity index (χ1n) is 9.03. The van der Waals surface area contributed by atoms with E-state index >= 15 is 0 Å². The summed E-state index contributed by atoms with van der Waals surface area (Å²) in [5.74, 6) is -0.144. The Morgan fingerprint density at radius 2 is 1.69 bits per heavy atom. The van der Waals surface area contributed by atoms with Crippen LogP contribution >= 0.6 is 0 Å². The van der Waals surface area contributed by atoms with Crippen molar-refractivity contribution in [3.05, 3.63) is 71.3 Å². The van der Waals surface area contributed by atoms with E-state index in [1.807, 2.05) is 49.4 Å². The quantitative estimate of drug-likeness (QED) is 0.907. The van der Waals surface area contributed by atoms with E-state index in [4.69, 9.17) is 0 Å². The van der Waals surface area contributed by atoms with Crippen LogP contribution in [0.4, 0.5) is 4.79 Å². The summed E-state index contributed by atoms with van der Waals surface area (Å²) in [6.07, 6.45) is 0.610. The smallest absolute Gasteiger partial charge is 0.322 e. The molecule has 0 bridgehead atoms. The molecule has 3 atom stereocenters. The Hall–Kier alpha value is -2.66. The first-order chi connectivity index (χ1) is 12.6. The van der Waals surface area contributed by atoms with Crippen molar-refractivity contribution in [2.45, 2.75) is 38.0 Å². The number of imide groups is 1. The van der Waals surface area contributed by atoms with Crippen LogP contribution in [0.1, 0.15) is 29.7 Å². The lowest BCUT2D eigenvalue weighted by Gasteiger charge is -2.31. The maximum atomic E-state index is 13.3. The van der Waals surface area contributed by atoms with Gasteiger partial charge in [0.1, 0.15) is 0 Å². The Kier molecular flexibility index (Phi) is 4.24. The number of hydrogen-bond acceptors (Lipinski definition) is 3. The van der Waals surface area contributed by atoms with Crippen LogP contribution in [-0.2, 0) is 17.8 Å². The standard InChI is InChI=1S/C21H23N3O2/c1-14-19(15-8-4-3-5-9-15)24(21(26)23(14)2)20(25)18-12-16-10-6-7-11-17(16)13-22-18/h3-11,14,18-19,22H,12-13H2,1-2H3/t14-,18-,19-/m0/s1. The number of fused-ring (bicyclic) bond motifs is 1. The zero-order chi connectivity index (χ0) is 18.3. The van der Waals surface area contributed by atoms with Crippen LogP contribution in [-0.4, -0.2) is 40.9 Å². The van der Waals surface area contributed by atoms with Gasteiger partial charge in [0.2, 0.25) is 5.91 Å². The maximum Gasteiger partial charge on any atom is 0.327 e. The molecular formula is C21H23N3O2. The van der Waals surface area contributed by atoms with Gasteiger partial charge in [0.05, 0.1) is 18.1 Å². The molecule has 1 saturated heterocycles. The van der Waals surface area contributed by atoms with Crippen molar-refractivity contribution in [3.8, 4) is 0 Å². The predicted octanol–water partition coefficient (Wildman–Crippen LogP) is 2.72. The number of nitrogens with zero attached hydrogens (tertiary/aromatic N) is 2. The van der Waals surface area contributed by atoms with Crippen molar-refractivity contribution in [2.75, 3.05) is 7.05 Å². The van der Waals surface area contributed by atoms with Crippen molar-refractivity contribution in [2.24, 2.45) is 0 Å². The number of hydrogen-bond donors (Lipinski definition) is 1. The van der Waals surface area contributed by atoms with Crippen LogP contribution in [0.25, 0.3) is 0 Å². The number of urea groups is 1. The zero-order valence-corrected chi connectivity index (χ0v) is 15.1. The summed E-state index contributed by atoms with van der Waals surface area (Å²) in [7, 11) is 1.76. The maximum absolute atomic E-state index is 13.3. The lowest BCUT2D eigenvalue weighted by atomic mass is 9.94. The summed E-state index contributed by atoms with van der Waals surface area (Å²) in [4.78, 5) is 29.3. The second kappa shape index (κ2) is 6.57. The van der Waals surface area contributed by atoms with Crippen LogP contribution in [0.2, 0.25) is 0 Å². The third-order valence-electron chi connectivity index (χ3n) is 5.61. The molecule has 4 rings (SSSR count). The van der Waals surface area contributed by atoms with Gasteiger partial charge in [-0.2, -0.15) is 0 Å². The zero-order valence-electron chi connectivity index (χ0n) is 15.1. The Morgan fingerprint density at radius 1 is 1.04 bits per heavy atom. The van der Waals surface area contributed by atoms with Gasteiger partial charge in [-0.25, -0.2) is 4.79 Å². The summed E-state index contributed by atoms with van der Waals surface area (Å²) in [5.41, 5.74) is 3.38. The first kappa shape index (κ1) is 16.8. The number of amides is 3. The molecule has 0 unspecified atom stereocenters. The number of carbonyl (C=O) groups is 2. The van der Waals surface area contributed by atoms with E-state index in [0.29, 0.717) is 13.0 Å². The fourth-order valence-electron chi connectivity index (χ4n) is 4.00. The van der Waals surface area contributed by atoms with E-state index in [-0.39, 0.29) is 30.1 Å². The molecule has 5 heteroatoms. The molecular weight excluding hydrogens is 326 g/mol. The molecule has 2 heterocycles. The van der Waals surface area contributed by atoms with Crippen molar-refractivity contribution >= 4 is 11.9 Å². The molecule has 26 heavy (non-hydrogen) atoms. The third-order valence-corrected chi connectivity index (χ3v) is 5.61. The summed E-state index contributed by atoms with van der Waals surface area (Å²) >= 11 is 0. The molecule has 0 aromatic heterocycles. The minimum absolute atomic E-state index is 0.0651. The largest absolute Gasteiger partial charge is 0.327 e. The third kappa shape index (κ3) is 2.69. The summed E-state index contributed by atoms with van der Waals surface area (Å²) in [6.45, 7) is 2.64. The molecule has 2 aromatic rings. The molecule has 2 aromatic carbocycles. The van der Waals surface area contributed by atoms with Gasteiger partial charge in [-0.3, -0.25) is 9.69 Å². The van der Waals surface area contributed by atoms with Crippen LogP contribution in [0.15, 0.2) is 54.6 Å². The minimum Gasteiger partial charge on any atom is -0.322 e. The van der Waals surface area contributed by atoms with Gasteiger partial charge in [0.15, 0.2) is 0 Å². The molecule has 0 radical (unpaired) electrons. The predicted molar refractivity (Wildman–Crippen MR) is 99.4 cm³/mol. The van der Waals surface area contributed by atoms with Crippen LogP contribution in [0.3, 0.4) is 0 Å². The molecule has 5 nitrogen and oxygen atoms in total. The van der Waals surface area contributed by atoms with Crippen LogP contribution in [0, 0.1) is 0 Å². The number of nitrogens with one attached hydrogen (secondary N) is 1. The lowest BCUT2D eigenvalue weighted by molar-refractivity contribution is -0.131. The van der Waals surface area contributed by atoms with E-state index in [2.05, 4.69) is 17.4 Å². The number of rotatable bonds is 2. The number of likely N-dealkylation sites (N-methyl/N-ethyl adjacent to an activating group) is 1. The Balaban J connectivity index is 1.64. The van der Waals surface area contributed by atoms with Gasteiger partial charge in [0.25, 0.3) is 0 Å². The number of carbonyl (C=O) groups excluding carboxylic acids is 2. The second-order valence-electron chi connectivity index (χ2n) is 7.10. The van der Waals surface area contributed by atoms with Gasteiger partial charge in [-0.1, -0.05) is 54.6 Å². The first-order valence-corrected chi connectivity index (χ1v) is 9.03. The molecule has 2 aliphatic rings. The highest BCUT2D eigenvalue weighted by Crippen LogP contribution is 2.35. The van der Waals surface area contributed by atoms with Crippen molar-refractivity contribution in [1.82, 2.24) is 15.1 Å². The van der Waals surface area contributed by atoms with E-state index in [9.17, 15) is 9.59 Å². The van der Waals surface area contributed by atoms with Crippen molar-refractivity contribution in [1.29, 1.82) is 0 Å². The summed E-state index contributed by atoms with van der Waals surface area (Å²) in [5, 5.41) is 3.31. The Morgan fingerprint density at radius 3 is 2.42 bits per heavy atom. The molecule has 1 fully saturated rings. The highest BCUT2D eigenvalue weighted by molar-refractivity contribution is 5.99. The normalized spacial score (nSPS) is 25.3. The van der Waals surface area contributed by atoms with Crippen molar-refractivity contribution < 1.29 is 9.59 Å². The van der Waals surface area contributed by atoms with E-state index < -0.39 is 0 Å². The summed E-state index contributed by atoms with van der Waals surface area (Å²) < 4.78 is 0. The van der Waals surface area contributed by atoms with Gasteiger partial charge in [-0.05, 0) is 30.0 Å². The fraction of sp³-hybridized carbons (Fsp3) is 0.333. The summed E-state index contributed by atoms with van der Waals surface area (Å²) in [6, 6.07) is 17.0. The van der Waals surface area contributed by atoms with Crippen LogP contribution in [0.5, 0.6) is 0 Å². The monoisotopic (exact) mass is 349 g/mol. The average molecular weight is 349 g/mol. The molecule has 2 aliphatic heterocycles. The van der Waals surface area contributed by atoms with E-state index in [1.54, 1.807) is 11.9 Å². The van der Waals surface area contributed by atoms with E-state index in [0.717, 1.165) is 5.56 Å². The van der Waals surface area contributed by atoms with Gasteiger partial charge < -0.3 is 10.2 Å². The molecule has 0 saturated carbocycles. The molecule has 134 valence electrons. The highest BCUT2D eigenvalue weighted by Gasteiger charge is 2.47. The topological polar surface area (TPSA) is 52.7 Å². The SMILES string of the molecule is C[C@H]1[C@@H](c2ccccc2)N(C(=O)[C@@H]2Cc3ccccc3CN2)C(=O)N1C. The molecule has 0 aliphatic carbocycles. The van der Waals surface area contributed by atoms with Crippen LogP contribution < -0.4 is 5.32 Å². The minimum atomic E-state index is -0.376. The highest BCUT2D eigenvalue weighted by atomic mass is 16.2. The Bertz CT molecular complexity index is 836. The molecule has 3 amide bonds. The molecule has 1 N–H and O–H groups in total. The number of benzene rings is 2. The van der Waals surface area contributed by atoms with Gasteiger partial charge in [-0.15, -0.1) is 0 Å². The Labute approximate surface area is 153 Å². The van der Waals surface area contributed by atoms with E-state index in [1.165, 1.54) is 16.0 Å². The average Bonchev–Trinajstić information content (AvgIpc) is 2.91. The molecule has 0 spiro atoms. The fourth-order valence-corrected chi connectivity index (χ4v) is 4.00. The lowest BCUT2D eigenvalue weighted by Crippen LogP contribution is -2.51. The van der Waals surface area contributed by atoms with Gasteiger partial charge >= 0.3 is 6.03 Å². The van der Waals surface area contributed by atoms with Gasteiger partial charge in [0, 0.05) is 13.6 Å². The van der Waals surface area contributed by atoms with Crippen molar-refractivity contribution in [3.63, 3.8) is 0 Å². The second-order valence-corrected chi connectivity index (χ2v) is 7.10.